The topological polar surface area (TPSA) is 37.3 Å². The summed E-state index contributed by atoms with van der Waals surface area (Å²) in [5, 5.41) is -0.126. The Balaban J connectivity index is 3.50. The zero-order valence-corrected chi connectivity index (χ0v) is 7.91. The SMILES string of the molecule is CC(Br)CC(C)S(=O)O. The minimum absolute atomic E-state index is 0.126. The fraction of sp³-hybridized carbons (Fsp3) is 1.00. The van der Waals surface area contributed by atoms with Gasteiger partial charge in [0.05, 0.1) is 5.25 Å². The van der Waals surface area contributed by atoms with E-state index in [-0.39, 0.29) is 5.25 Å². The van der Waals surface area contributed by atoms with Crippen molar-refractivity contribution in [1.82, 2.24) is 0 Å². The molecule has 0 heterocycles. The Morgan fingerprint density at radius 1 is 1.67 bits per heavy atom. The molecule has 0 aliphatic rings. The summed E-state index contributed by atoms with van der Waals surface area (Å²) < 4.78 is 18.8. The fourth-order valence-corrected chi connectivity index (χ4v) is 1.80. The molecule has 0 aromatic carbocycles. The molecule has 0 spiro atoms. The van der Waals surface area contributed by atoms with Gasteiger partial charge in [0.25, 0.3) is 0 Å². The van der Waals surface area contributed by atoms with Crippen molar-refractivity contribution in [2.24, 2.45) is 0 Å². The second kappa shape index (κ2) is 4.41. The second-order valence-electron chi connectivity index (χ2n) is 2.10. The lowest BCUT2D eigenvalue weighted by atomic mass is 10.3. The minimum atomic E-state index is -1.66. The van der Waals surface area contributed by atoms with Crippen LogP contribution in [0.2, 0.25) is 0 Å². The van der Waals surface area contributed by atoms with Gasteiger partial charge < -0.3 is 4.55 Å². The first kappa shape index (κ1) is 9.59. The molecule has 0 saturated carbocycles. The average molecular weight is 215 g/mol. The molecule has 0 fully saturated rings. The summed E-state index contributed by atoms with van der Waals surface area (Å²) in [6.07, 6.45) is 0.739. The Morgan fingerprint density at radius 2 is 2.11 bits per heavy atom. The van der Waals surface area contributed by atoms with Gasteiger partial charge in [0, 0.05) is 4.83 Å². The van der Waals surface area contributed by atoms with Crippen LogP contribution in [-0.4, -0.2) is 18.8 Å². The van der Waals surface area contributed by atoms with E-state index in [0.29, 0.717) is 4.83 Å². The van der Waals surface area contributed by atoms with E-state index in [4.69, 9.17) is 4.55 Å². The molecule has 0 aliphatic heterocycles. The van der Waals surface area contributed by atoms with Gasteiger partial charge in [-0.15, -0.1) is 0 Å². The van der Waals surface area contributed by atoms with Crippen molar-refractivity contribution in [1.29, 1.82) is 0 Å². The van der Waals surface area contributed by atoms with Crippen LogP contribution in [0.5, 0.6) is 0 Å². The quantitative estimate of drug-likeness (QED) is 0.575. The maximum atomic E-state index is 10.3. The average Bonchev–Trinajstić information content (AvgIpc) is 1.63. The van der Waals surface area contributed by atoms with E-state index in [9.17, 15) is 4.21 Å². The predicted octanol–water partition coefficient (Wildman–Crippen LogP) is 1.77. The van der Waals surface area contributed by atoms with E-state index < -0.39 is 11.1 Å². The summed E-state index contributed by atoms with van der Waals surface area (Å²) in [5.74, 6) is 0. The van der Waals surface area contributed by atoms with Crippen LogP contribution in [0.1, 0.15) is 20.3 Å². The molecule has 1 N–H and O–H groups in total. The third-order valence-electron chi connectivity index (χ3n) is 1.00. The molecular weight excluding hydrogens is 204 g/mol. The maximum Gasteiger partial charge on any atom is 0.155 e. The van der Waals surface area contributed by atoms with Crippen molar-refractivity contribution in [3.8, 4) is 0 Å². The van der Waals surface area contributed by atoms with E-state index >= 15 is 0 Å². The van der Waals surface area contributed by atoms with Crippen molar-refractivity contribution in [3.05, 3.63) is 0 Å². The second-order valence-corrected chi connectivity index (χ2v) is 5.02. The number of halogens is 1. The van der Waals surface area contributed by atoms with Crippen LogP contribution in [0, 0.1) is 0 Å². The molecule has 3 atom stereocenters. The van der Waals surface area contributed by atoms with Gasteiger partial charge in [0.2, 0.25) is 0 Å². The van der Waals surface area contributed by atoms with E-state index in [1.165, 1.54) is 0 Å². The Bertz CT molecular complexity index is 105. The van der Waals surface area contributed by atoms with Gasteiger partial charge in [-0.25, -0.2) is 4.21 Å². The molecule has 0 amide bonds. The molecule has 0 aliphatic carbocycles. The van der Waals surface area contributed by atoms with Crippen LogP contribution < -0.4 is 0 Å². The van der Waals surface area contributed by atoms with Gasteiger partial charge in [0.1, 0.15) is 0 Å². The van der Waals surface area contributed by atoms with Crippen LogP contribution in [0.3, 0.4) is 0 Å². The maximum absolute atomic E-state index is 10.3. The molecule has 3 unspecified atom stereocenters. The number of hydrogen-bond acceptors (Lipinski definition) is 1. The Hall–Kier alpha value is 0.590. The lowest BCUT2D eigenvalue weighted by Gasteiger charge is -2.06. The predicted molar refractivity (Wildman–Crippen MR) is 43.2 cm³/mol. The van der Waals surface area contributed by atoms with Crippen molar-refractivity contribution in [3.63, 3.8) is 0 Å². The van der Waals surface area contributed by atoms with E-state index in [0.717, 1.165) is 6.42 Å². The highest BCUT2D eigenvalue weighted by atomic mass is 79.9. The smallest absolute Gasteiger partial charge is 0.155 e. The molecule has 0 bridgehead atoms. The van der Waals surface area contributed by atoms with Gasteiger partial charge in [0.15, 0.2) is 11.1 Å². The highest BCUT2D eigenvalue weighted by molar-refractivity contribution is 9.09. The van der Waals surface area contributed by atoms with Crippen LogP contribution in [0.4, 0.5) is 0 Å². The lowest BCUT2D eigenvalue weighted by Crippen LogP contribution is -2.13. The highest BCUT2D eigenvalue weighted by Crippen LogP contribution is 2.09. The molecule has 0 aromatic heterocycles. The van der Waals surface area contributed by atoms with Crippen LogP contribution in [0.15, 0.2) is 0 Å². The summed E-state index contributed by atoms with van der Waals surface area (Å²) in [7, 11) is 0. The minimum Gasteiger partial charge on any atom is -0.306 e. The number of alkyl halides is 1. The lowest BCUT2D eigenvalue weighted by molar-refractivity contribution is 0.546. The number of rotatable bonds is 3. The first-order valence-electron chi connectivity index (χ1n) is 2.77. The van der Waals surface area contributed by atoms with E-state index in [1.807, 2.05) is 6.92 Å². The first-order chi connectivity index (χ1) is 4.04. The molecule has 9 heavy (non-hydrogen) atoms. The number of hydrogen-bond donors (Lipinski definition) is 1. The van der Waals surface area contributed by atoms with Crippen LogP contribution in [-0.2, 0) is 11.1 Å². The zero-order valence-electron chi connectivity index (χ0n) is 5.50. The van der Waals surface area contributed by atoms with Crippen molar-refractivity contribution >= 4 is 27.0 Å². The largest absolute Gasteiger partial charge is 0.306 e. The van der Waals surface area contributed by atoms with Crippen molar-refractivity contribution < 1.29 is 8.76 Å². The Labute approximate surface area is 66.4 Å². The molecule has 0 aromatic rings. The third kappa shape index (κ3) is 5.06. The summed E-state index contributed by atoms with van der Waals surface area (Å²) in [6, 6.07) is 0. The fourth-order valence-electron chi connectivity index (χ4n) is 0.540. The van der Waals surface area contributed by atoms with E-state index in [1.54, 1.807) is 6.92 Å². The van der Waals surface area contributed by atoms with Crippen molar-refractivity contribution in [2.45, 2.75) is 30.3 Å². The molecular formula is C5H11BrO2S. The summed E-state index contributed by atoms with van der Waals surface area (Å²) >= 11 is 1.64. The summed E-state index contributed by atoms with van der Waals surface area (Å²) in [5.41, 5.74) is 0. The summed E-state index contributed by atoms with van der Waals surface area (Å²) in [4.78, 5) is 0.323. The molecule has 0 radical (unpaired) electrons. The van der Waals surface area contributed by atoms with Gasteiger partial charge in [-0.05, 0) is 13.3 Å². The zero-order chi connectivity index (χ0) is 7.44. The van der Waals surface area contributed by atoms with Gasteiger partial charge in [-0.3, -0.25) is 0 Å². The monoisotopic (exact) mass is 214 g/mol. The third-order valence-corrected chi connectivity index (χ3v) is 2.26. The molecule has 0 saturated heterocycles. The molecule has 2 nitrogen and oxygen atoms in total. The molecule has 0 rings (SSSR count). The first-order valence-corrected chi connectivity index (χ1v) is 4.86. The van der Waals surface area contributed by atoms with Gasteiger partial charge in [-0.2, -0.15) is 0 Å². The Kier molecular flexibility index (Phi) is 4.70. The molecule has 4 heteroatoms. The molecule has 56 valence electrons. The van der Waals surface area contributed by atoms with Crippen LogP contribution >= 0.6 is 15.9 Å². The van der Waals surface area contributed by atoms with Crippen LogP contribution in [0.25, 0.3) is 0 Å². The normalized spacial score (nSPS) is 20.9. The van der Waals surface area contributed by atoms with Gasteiger partial charge >= 0.3 is 0 Å². The van der Waals surface area contributed by atoms with E-state index in [2.05, 4.69) is 15.9 Å². The van der Waals surface area contributed by atoms with Crippen molar-refractivity contribution in [2.75, 3.05) is 0 Å². The Morgan fingerprint density at radius 3 is 2.22 bits per heavy atom. The summed E-state index contributed by atoms with van der Waals surface area (Å²) in [6.45, 7) is 3.72. The van der Waals surface area contributed by atoms with Gasteiger partial charge in [-0.1, -0.05) is 22.9 Å². The highest BCUT2D eigenvalue weighted by Gasteiger charge is 2.10. The standard InChI is InChI=1S/C5H11BrO2S/c1-4(6)3-5(2)9(7)8/h4-5H,3H2,1-2H3,(H,7,8).